The molecule has 0 saturated carbocycles. The zero-order valence-electron chi connectivity index (χ0n) is 12.2. The molecule has 0 aliphatic rings. The monoisotopic (exact) mass is 363 g/mol. The van der Waals surface area contributed by atoms with E-state index >= 15 is 0 Å². The Kier molecular flexibility index (Phi) is 4.96. The van der Waals surface area contributed by atoms with E-state index in [1.807, 2.05) is 0 Å². The Morgan fingerprint density at radius 3 is 1.56 bits per heavy atom. The van der Waals surface area contributed by atoms with Gasteiger partial charge < -0.3 is 14.6 Å². The molecule has 0 saturated heterocycles. The molecule has 0 heterocycles. The second-order valence-electron chi connectivity index (χ2n) is 5.00. The first kappa shape index (κ1) is 18.6. The van der Waals surface area contributed by atoms with Gasteiger partial charge in [0.2, 0.25) is 0 Å². The molecule has 0 bridgehead atoms. The van der Waals surface area contributed by atoms with Gasteiger partial charge in [0.25, 0.3) is 0 Å². The molecule has 3 nitrogen and oxygen atoms in total. The summed E-state index contributed by atoms with van der Waals surface area (Å²) in [6.45, 7) is 0. The minimum Gasteiger partial charge on any atom is -0.545 e. The Morgan fingerprint density at radius 2 is 1.20 bits per heavy atom. The van der Waals surface area contributed by atoms with Crippen LogP contribution in [0.5, 0.6) is 11.5 Å². The second kappa shape index (κ2) is 6.66. The number of hydrogen-bond donors (Lipinski definition) is 0. The number of alkyl halides is 6. The lowest BCUT2D eigenvalue weighted by molar-refractivity contribution is -0.255. The molecular formula is C16H9F6O3-. The van der Waals surface area contributed by atoms with Crippen LogP contribution in [0.15, 0.2) is 48.5 Å². The molecule has 0 amide bonds. The Hall–Kier alpha value is -2.71. The molecular weight excluding hydrogens is 354 g/mol. The number of ether oxygens (including phenoxy) is 1. The third-order valence-electron chi connectivity index (χ3n) is 3.19. The lowest BCUT2D eigenvalue weighted by Gasteiger charge is -2.23. The average molecular weight is 363 g/mol. The molecule has 0 N–H and O–H groups in total. The summed E-state index contributed by atoms with van der Waals surface area (Å²) < 4.78 is 81.1. The number of benzene rings is 2. The highest BCUT2D eigenvalue weighted by atomic mass is 19.4. The van der Waals surface area contributed by atoms with Gasteiger partial charge in [0.15, 0.2) is 5.92 Å². The van der Waals surface area contributed by atoms with E-state index in [0.29, 0.717) is 12.1 Å². The highest BCUT2D eigenvalue weighted by Gasteiger charge is 2.57. The molecule has 0 aromatic heterocycles. The number of hydrogen-bond acceptors (Lipinski definition) is 3. The summed E-state index contributed by atoms with van der Waals surface area (Å²) in [5.41, 5.74) is -1.07. The molecule has 0 spiro atoms. The number of halogens is 6. The molecule has 0 atom stereocenters. The van der Waals surface area contributed by atoms with E-state index in [1.54, 1.807) is 0 Å². The van der Waals surface area contributed by atoms with Gasteiger partial charge in [-0.25, -0.2) is 0 Å². The highest BCUT2D eigenvalue weighted by molar-refractivity contribution is 5.85. The van der Waals surface area contributed by atoms with Gasteiger partial charge in [0.1, 0.15) is 11.5 Å². The Morgan fingerprint density at radius 1 is 0.800 bits per heavy atom. The van der Waals surface area contributed by atoms with Gasteiger partial charge in [-0.3, -0.25) is 0 Å². The summed E-state index contributed by atoms with van der Waals surface area (Å²) >= 11 is 0. The standard InChI is InChI=1S/C16H10F6O3/c17-15(18,19)13(16(20,21)22)9-1-5-11(6-2-9)25-12-7-3-10(4-8-12)14(23)24/h1-8,13H,(H,23,24)/p-1. The van der Waals surface area contributed by atoms with Crippen molar-refractivity contribution in [1.29, 1.82) is 0 Å². The number of carbonyl (C=O) groups is 1. The third kappa shape index (κ3) is 4.65. The molecule has 0 fully saturated rings. The van der Waals surface area contributed by atoms with Gasteiger partial charge in [-0.05, 0) is 47.5 Å². The number of carboxylic acid groups (broad SMARTS) is 1. The fourth-order valence-electron chi connectivity index (χ4n) is 2.09. The summed E-state index contributed by atoms with van der Waals surface area (Å²) in [5.74, 6) is -4.84. The summed E-state index contributed by atoms with van der Waals surface area (Å²) in [5, 5.41) is 10.6. The SMILES string of the molecule is O=C([O-])c1ccc(Oc2ccc(C(C(F)(F)F)C(F)(F)F)cc2)cc1. The van der Waals surface area contributed by atoms with Gasteiger partial charge in [0.05, 0.1) is 5.97 Å². The molecule has 0 aliphatic carbocycles. The molecule has 2 rings (SSSR count). The average Bonchev–Trinajstić information content (AvgIpc) is 2.47. The van der Waals surface area contributed by atoms with Crippen LogP contribution in [0.25, 0.3) is 0 Å². The summed E-state index contributed by atoms with van der Waals surface area (Å²) in [4.78, 5) is 10.6. The molecule has 2 aromatic carbocycles. The summed E-state index contributed by atoms with van der Waals surface area (Å²) in [6.07, 6.45) is -10.9. The number of carboxylic acids is 1. The van der Waals surface area contributed by atoms with Crippen molar-refractivity contribution >= 4 is 5.97 Å². The molecule has 25 heavy (non-hydrogen) atoms. The fourth-order valence-corrected chi connectivity index (χ4v) is 2.09. The maximum absolute atomic E-state index is 12.6. The summed E-state index contributed by atoms with van der Waals surface area (Å²) in [6, 6.07) is 8.19. The van der Waals surface area contributed by atoms with Crippen LogP contribution < -0.4 is 9.84 Å². The van der Waals surface area contributed by atoms with Crippen LogP contribution in [0.1, 0.15) is 21.8 Å². The van der Waals surface area contributed by atoms with Crippen LogP contribution in [0.2, 0.25) is 0 Å². The maximum atomic E-state index is 12.6. The lowest BCUT2D eigenvalue weighted by Crippen LogP contribution is -2.34. The fraction of sp³-hybridized carbons (Fsp3) is 0.188. The van der Waals surface area contributed by atoms with Crippen LogP contribution in [-0.2, 0) is 0 Å². The number of rotatable bonds is 4. The number of carbonyl (C=O) groups excluding carboxylic acids is 1. The predicted octanol–water partition coefficient (Wildman–Crippen LogP) is 4.05. The van der Waals surface area contributed by atoms with E-state index in [4.69, 9.17) is 4.74 Å². The van der Waals surface area contributed by atoms with Gasteiger partial charge in [-0.1, -0.05) is 12.1 Å². The minimum atomic E-state index is -5.47. The lowest BCUT2D eigenvalue weighted by atomic mass is 9.98. The zero-order valence-corrected chi connectivity index (χ0v) is 12.2. The highest BCUT2D eigenvalue weighted by Crippen LogP contribution is 2.46. The van der Waals surface area contributed by atoms with Crippen molar-refractivity contribution < 1.29 is 41.0 Å². The second-order valence-corrected chi connectivity index (χ2v) is 5.00. The Labute approximate surface area is 137 Å². The molecule has 2 aromatic rings. The topological polar surface area (TPSA) is 49.4 Å². The Bertz CT molecular complexity index is 718. The minimum absolute atomic E-state index is 0.00644. The quantitative estimate of drug-likeness (QED) is 0.770. The van der Waals surface area contributed by atoms with E-state index in [2.05, 4.69) is 0 Å². The molecule has 134 valence electrons. The first-order valence-corrected chi connectivity index (χ1v) is 6.71. The van der Waals surface area contributed by atoms with E-state index in [9.17, 15) is 36.2 Å². The molecule has 0 radical (unpaired) electrons. The predicted molar refractivity (Wildman–Crippen MR) is 72.1 cm³/mol. The smallest absolute Gasteiger partial charge is 0.404 e. The van der Waals surface area contributed by atoms with E-state index in [-0.39, 0.29) is 17.1 Å². The van der Waals surface area contributed by atoms with Crippen molar-refractivity contribution in [2.24, 2.45) is 0 Å². The van der Waals surface area contributed by atoms with Gasteiger partial charge in [-0.15, -0.1) is 0 Å². The van der Waals surface area contributed by atoms with Gasteiger partial charge in [-0.2, -0.15) is 26.3 Å². The van der Waals surface area contributed by atoms with Crippen LogP contribution in [0.3, 0.4) is 0 Å². The molecule has 0 aliphatic heterocycles. The molecule has 9 heteroatoms. The largest absolute Gasteiger partial charge is 0.545 e. The van der Waals surface area contributed by atoms with Crippen LogP contribution >= 0.6 is 0 Å². The first-order valence-electron chi connectivity index (χ1n) is 6.71. The summed E-state index contributed by atoms with van der Waals surface area (Å²) in [7, 11) is 0. The van der Waals surface area contributed by atoms with Crippen LogP contribution in [0, 0.1) is 0 Å². The zero-order chi connectivity index (χ0) is 18.8. The Balaban J connectivity index is 2.20. The van der Waals surface area contributed by atoms with Crippen molar-refractivity contribution in [1.82, 2.24) is 0 Å². The number of aromatic carboxylic acids is 1. The maximum Gasteiger partial charge on any atom is 0.404 e. The van der Waals surface area contributed by atoms with Crippen LogP contribution in [-0.4, -0.2) is 18.3 Å². The molecule has 0 unspecified atom stereocenters. The van der Waals surface area contributed by atoms with Crippen molar-refractivity contribution in [2.75, 3.05) is 0 Å². The first-order chi connectivity index (χ1) is 11.5. The third-order valence-corrected chi connectivity index (χ3v) is 3.19. The van der Waals surface area contributed by atoms with E-state index < -0.39 is 29.8 Å². The van der Waals surface area contributed by atoms with Gasteiger partial charge >= 0.3 is 12.4 Å². The normalized spacial score (nSPS) is 12.3. The van der Waals surface area contributed by atoms with Crippen molar-refractivity contribution in [3.8, 4) is 11.5 Å². The van der Waals surface area contributed by atoms with Crippen LogP contribution in [0.4, 0.5) is 26.3 Å². The van der Waals surface area contributed by atoms with Crippen molar-refractivity contribution in [3.05, 3.63) is 59.7 Å². The van der Waals surface area contributed by atoms with Crippen molar-refractivity contribution in [2.45, 2.75) is 18.3 Å². The van der Waals surface area contributed by atoms with E-state index in [1.165, 1.54) is 24.3 Å². The van der Waals surface area contributed by atoms with Crippen molar-refractivity contribution in [3.63, 3.8) is 0 Å². The van der Waals surface area contributed by atoms with Gasteiger partial charge in [0, 0.05) is 0 Å². The van der Waals surface area contributed by atoms with E-state index in [0.717, 1.165) is 12.1 Å².